The first-order valence-electron chi connectivity index (χ1n) is 11.6. The molecule has 178 valence electrons. The SMILES string of the molecule is O=c1c2c(-c3noc(C4CCCO4)n3)ncn2c2cccc(Cl)c2n1CCN1CCCC(O)C1. The Kier molecular flexibility index (Phi) is 5.60. The molecule has 2 atom stereocenters. The van der Waals surface area contributed by atoms with Crippen LogP contribution >= 0.6 is 11.6 Å². The minimum absolute atomic E-state index is 0.216. The van der Waals surface area contributed by atoms with Crippen LogP contribution in [0.5, 0.6) is 0 Å². The molecule has 2 unspecified atom stereocenters. The van der Waals surface area contributed by atoms with Gasteiger partial charge in [0.1, 0.15) is 23.6 Å². The maximum Gasteiger partial charge on any atom is 0.277 e. The number of benzene rings is 1. The van der Waals surface area contributed by atoms with Gasteiger partial charge >= 0.3 is 0 Å². The molecular weight excluding hydrogens is 460 g/mol. The van der Waals surface area contributed by atoms with Gasteiger partial charge in [0.25, 0.3) is 11.4 Å². The molecule has 10 nitrogen and oxygen atoms in total. The molecule has 1 N–H and O–H groups in total. The third kappa shape index (κ3) is 3.70. The number of hydrogen-bond acceptors (Lipinski definition) is 8. The number of ether oxygens (including phenoxy) is 1. The van der Waals surface area contributed by atoms with Gasteiger partial charge in [-0.3, -0.25) is 14.1 Å². The van der Waals surface area contributed by atoms with Gasteiger partial charge in [-0.2, -0.15) is 4.98 Å². The second-order valence-electron chi connectivity index (χ2n) is 8.93. The number of β-amino-alcohol motifs (C(OH)–C–C–N with tert-alkyl or cyclic N) is 1. The fourth-order valence-electron chi connectivity index (χ4n) is 5.02. The quantitative estimate of drug-likeness (QED) is 0.460. The van der Waals surface area contributed by atoms with Crippen LogP contribution in [0.4, 0.5) is 0 Å². The zero-order valence-corrected chi connectivity index (χ0v) is 19.3. The van der Waals surface area contributed by atoms with Crippen molar-refractivity contribution in [3.63, 3.8) is 0 Å². The molecule has 2 aliphatic heterocycles. The van der Waals surface area contributed by atoms with Gasteiger partial charge in [-0.15, -0.1) is 0 Å². The van der Waals surface area contributed by atoms with E-state index in [4.69, 9.17) is 20.9 Å². The Morgan fingerprint density at radius 3 is 2.91 bits per heavy atom. The molecule has 2 aliphatic rings. The van der Waals surface area contributed by atoms with Gasteiger partial charge in [-0.05, 0) is 44.4 Å². The molecular formula is C23H25ClN6O4. The van der Waals surface area contributed by atoms with Gasteiger partial charge in [-0.25, -0.2) is 4.98 Å². The fraction of sp³-hybridized carbons (Fsp3) is 0.478. The molecule has 1 aromatic carbocycles. The Morgan fingerprint density at radius 2 is 2.09 bits per heavy atom. The normalized spacial score (nSPS) is 21.7. The number of hydrogen-bond donors (Lipinski definition) is 1. The van der Waals surface area contributed by atoms with Crippen molar-refractivity contribution in [2.45, 2.75) is 44.4 Å². The Labute approximate surface area is 199 Å². The van der Waals surface area contributed by atoms with Gasteiger partial charge < -0.3 is 18.9 Å². The first kappa shape index (κ1) is 21.7. The zero-order valence-electron chi connectivity index (χ0n) is 18.6. The van der Waals surface area contributed by atoms with E-state index in [0.717, 1.165) is 37.7 Å². The van der Waals surface area contributed by atoms with Gasteiger partial charge in [0, 0.05) is 26.2 Å². The molecule has 0 saturated carbocycles. The van der Waals surface area contributed by atoms with Crippen molar-refractivity contribution in [2.75, 3.05) is 26.2 Å². The van der Waals surface area contributed by atoms with E-state index in [1.165, 1.54) is 0 Å². The van der Waals surface area contributed by atoms with Crippen LogP contribution in [0.15, 0.2) is 33.8 Å². The molecule has 11 heteroatoms. The van der Waals surface area contributed by atoms with Crippen LogP contribution in [0.2, 0.25) is 5.02 Å². The standard InChI is InChI=1S/C23H25ClN6O4/c24-15-5-1-6-16-19(15)29(10-9-28-8-2-4-14(31)12-28)23(32)20-18(25-13-30(16)20)21-26-22(34-27-21)17-7-3-11-33-17/h1,5-6,13-14,17,31H,2-4,7-12H2. The Morgan fingerprint density at radius 1 is 1.18 bits per heavy atom. The van der Waals surface area contributed by atoms with Crippen molar-refractivity contribution >= 4 is 28.2 Å². The van der Waals surface area contributed by atoms with E-state index in [2.05, 4.69) is 20.0 Å². The van der Waals surface area contributed by atoms with Crippen molar-refractivity contribution in [3.05, 3.63) is 45.8 Å². The lowest BCUT2D eigenvalue weighted by Gasteiger charge is -2.30. The summed E-state index contributed by atoms with van der Waals surface area (Å²) in [5.41, 5.74) is 1.92. The highest BCUT2D eigenvalue weighted by atomic mass is 35.5. The van der Waals surface area contributed by atoms with Gasteiger partial charge in [0.15, 0.2) is 0 Å². The predicted molar refractivity (Wildman–Crippen MR) is 125 cm³/mol. The molecule has 0 radical (unpaired) electrons. The summed E-state index contributed by atoms with van der Waals surface area (Å²) < 4.78 is 14.5. The minimum Gasteiger partial charge on any atom is -0.392 e. The number of piperidine rings is 1. The highest BCUT2D eigenvalue weighted by molar-refractivity contribution is 6.35. The van der Waals surface area contributed by atoms with Crippen LogP contribution in [-0.4, -0.2) is 66.4 Å². The maximum atomic E-state index is 13.8. The van der Waals surface area contributed by atoms with E-state index in [1.807, 2.05) is 12.1 Å². The average Bonchev–Trinajstić information content (AvgIpc) is 3.59. The van der Waals surface area contributed by atoms with E-state index >= 15 is 0 Å². The molecule has 0 bridgehead atoms. The van der Waals surface area contributed by atoms with Gasteiger partial charge in [0.05, 0.1) is 22.2 Å². The molecule has 2 saturated heterocycles. The number of aliphatic hydroxyl groups is 1. The summed E-state index contributed by atoms with van der Waals surface area (Å²) in [6, 6.07) is 5.54. The predicted octanol–water partition coefficient (Wildman–Crippen LogP) is 2.66. The van der Waals surface area contributed by atoms with Crippen LogP contribution in [0.1, 0.15) is 37.7 Å². The van der Waals surface area contributed by atoms with Gasteiger partial charge in [-0.1, -0.05) is 22.8 Å². The summed E-state index contributed by atoms with van der Waals surface area (Å²) in [7, 11) is 0. The minimum atomic E-state index is -0.328. The van der Waals surface area contributed by atoms with E-state index in [9.17, 15) is 9.90 Å². The lowest BCUT2D eigenvalue weighted by Crippen LogP contribution is -2.41. The number of likely N-dealkylation sites (tertiary alicyclic amines) is 1. The highest BCUT2D eigenvalue weighted by Crippen LogP contribution is 2.30. The molecule has 5 heterocycles. The fourth-order valence-corrected chi connectivity index (χ4v) is 5.29. The summed E-state index contributed by atoms with van der Waals surface area (Å²) in [5.74, 6) is 0.665. The first-order valence-corrected chi connectivity index (χ1v) is 12.0. The van der Waals surface area contributed by atoms with Crippen LogP contribution in [0, 0.1) is 0 Å². The number of halogens is 1. The van der Waals surface area contributed by atoms with E-state index in [1.54, 1.807) is 21.4 Å². The summed E-state index contributed by atoms with van der Waals surface area (Å²) in [6.45, 7) is 3.23. The molecule has 0 spiro atoms. The first-order chi connectivity index (χ1) is 16.6. The Balaban J connectivity index is 1.45. The molecule has 2 fully saturated rings. The van der Waals surface area contributed by atoms with Crippen molar-refractivity contribution < 1.29 is 14.4 Å². The van der Waals surface area contributed by atoms with E-state index in [-0.39, 0.29) is 23.6 Å². The van der Waals surface area contributed by atoms with Crippen LogP contribution in [-0.2, 0) is 11.3 Å². The number of aromatic nitrogens is 5. The Bertz CT molecular complexity index is 1410. The molecule has 34 heavy (non-hydrogen) atoms. The van der Waals surface area contributed by atoms with Crippen molar-refractivity contribution in [1.82, 2.24) is 29.0 Å². The lowest BCUT2D eigenvalue weighted by molar-refractivity contribution is 0.0690. The smallest absolute Gasteiger partial charge is 0.277 e. The summed E-state index contributed by atoms with van der Waals surface area (Å²) in [4.78, 5) is 25.0. The zero-order chi connectivity index (χ0) is 23.2. The Hall–Kier alpha value is -2.79. The van der Waals surface area contributed by atoms with Crippen molar-refractivity contribution in [3.8, 4) is 11.5 Å². The van der Waals surface area contributed by atoms with Crippen molar-refractivity contribution in [1.29, 1.82) is 0 Å². The number of rotatable bonds is 5. The molecule has 0 amide bonds. The average molecular weight is 485 g/mol. The molecule has 0 aliphatic carbocycles. The third-order valence-corrected chi connectivity index (χ3v) is 6.99. The van der Waals surface area contributed by atoms with E-state index in [0.29, 0.717) is 53.9 Å². The highest BCUT2D eigenvalue weighted by Gasteiger charge is 2.27. The number of aliphatic hydroxyl groups excluding tert-OH is 1. The topological polar surface area (TPSA) is 111 Å². The second-order valence-corrected chi connectivity index (χ2v) is 9.34. The largest absolute Gasteiger partial charge is 0.392 e. The maximum absolute atomic E-state index is 13.8. The van der Waals surface area contributed by atoms with Crippen LogP contribution < -0.4 is 5.56 Å². The molecule has 6 rings (SSSR count). The van der Waals surface area contributed by atoms with Gasteiger partial charge in [0.2, 0.25) is 5.82 Å². The van der Waals surface area contributed by atoms with E-state index < -0.39 is 0 Å². The molecule has 4 aromatic rings. The summed E-state index contributed by atoms with van der Waals surface area (Å²) >= 11 is 6.58. The molecule has 3 aromatic heterocycles. The van der Waals surface area contributed by atoms with Crippen LogP contribution in [0.25, 0.3) is 28.1 Å². The second kappa shape index (κ2) is 8.77. The third-order valence-electron chi connectivity index (χ3n) is 6.69. The number of nitrogens with zero attached hydrogens (tertiary/aromatic N) is 6. The number of para-hydroxylation sites is 1. The number of imidazole rings is 1. The monoisotopic (exact) mass is 484 g/mol. The lowest BCUT2D eigenvalue weighted by atomic mass is 10.1. The summed E-state index contributed by atoms with van der Waals surface area (Å²) in [6.07, 6.45) is 4.58. The van der Waals surface area contributed by atoms with Crippen molar-refractivity contribution in [2.24, 2.45) is 0 Å². The summed E-state index contributed by atoms with van der Waals surface area (Å²) in [5, 5.41) is 14.6. The van der Waals surface area contributed by atoms with Crippen LogP contribution in [0.3, 0.4) is 0 Å². The number of fused-ring (bicyclic) bond motifs is 3.